The molecule has 0 bridgehead atoms. The van der Waals surface area contributed by atoms with Gasteiger partial charge in [-0.05, 0) is 11.6 Å². The molecule has 3 aromatic rings. The number of halogens is 3. The largest absolute Gasteiger partial charge is 0.465 e. The number of ether oxygens (including phenoxy) is 1. The van der Waals surface area contributed by atoms with Crippen molar-refractivity contribution in [2.45, 2.75) is 6.18 Å². The normalized spacial score (nSPS) is 11.7. The van der Waals surface area contributed by atoms with Gasteiger partial charge in [-0.3, -0.25) is 0 Å². The summed E-state index contributed by atoms with van der Waals surface area (Å²) < 4.78 is 44.0. The first kappa shape index (κ1) is 15.0. The smallest absolute Gasteiger partial charge is 0.453 e. The van der Waals surface area contributed by atoms with E-state index in [4.69, 9.17) is 0 Å². The number of hydrogen-bond acceptors (Lipinski definition) is 4. The predicted octanol–water partition coefficient (Wildman–Crippen LogP) is 3.20. The highest BCUT2D eigenvalue weighted by atomic mass is 19.4. The van der Waals surface area contributed by atoms with Crippen molar-refractivity contribution in [1.82, 2.24) is 14.6 Å². The predicted molar refractivity (Wildman–Crippen MR) is 74.8 cm³/mol. The Kier molecular flexibility index (Phi) is 3.51. The van der Waals surface area contributed by atoms with E-state index in [1.54, 1.807) is 30.3 Å². The molecule has 0 saturated heterocycles. The number of hydrogen-bond donors (Lipinski definition) is 0. The van der Waals surface area contributed by atoms with E-state index in [0.29, 0.717) is 5.56 Å². The molecule has 2 heterocycles. The lowest BCUT2D eigenvalue weighted by Crippen LogP contribution is -2.07. The summed E-state index contributed by atoms with van der Waals surface area (Å²) in [6.45, 7) is 0. The van der Waals surface area contributed by atoms with Crippen LogP contribution in [0.15, 0.2) is 42.6 Å². The minimum atomic E-state index is -4.70. The molecule has 118 valence electrons. The number of benzene rings is 1. The van der Waals surface area contributed by atoms with E-state index < -0.39 is 18.0 Å². The molecule has 0 amide bonds. The van der Waals surface area contributed by atoms with Crippen molar-refractivity contribution in [3.8, 4) is 11.1 Å². The van der Waals surface area contributed by atoms with Crippen LogP contribution in [0.1, 0.15) is 16.2 Å². The zero-order valence-corrected chi connectivity index (χ0v) is 11.8. The van der Waals surface area contributed by atoms with Gasteiger partial charge in [0.1, 0.15) is 5.56 Å². The van der Waals surface area contributed by atoms with Crippen LogP contribution in [0.25, 0.3) is 16.8 Å². The number of pyridine rings is 1. The summed E-state index contributed by atoms with van der Waals surface area (Å²) in [5.41, 5.74) is 0.960. The molecule has 0 radical (unpaired) electrons. The van der Waals surface area contributed by atoms with E-state index in [9.17, 15) is 18.0 Å². The van der Waals surface area contributed by atoms with Crippen LogP contribution in [-0.4, -0.2) is 27.7 Å². The van der Waals surface area contributed by atoms with Gasteiger partial charge in [0.15, 0.2) is 5.65 Å². The van der Waals surface area contributed by atoms with Gasteiger partial charge in [0.2, 0.25) is 0 Å². The lowest BCUT2D eigenvalue weighted by atomic mass is 10.1. The lowest BCUT2D eigenvalue weighted by molar-refractivity contribution is -0.144. The number of methoxy groups -OCH3 is 1. The summed E-state index contributed by atoms with van der Waals surface area (Å²) in [5, 5.41) is 3.42. The summed E-state index contributed by atoms with van der Waals surface area (Å²) in [6, 6.07) is 10.3. The summed E-state index contributed by atoms with van der Waals surface area (Å²) >= 11 is 0. The highest BCUT2D eigenvalue weighted by Gasteiger charge is 2.37. The van der Waals surface area contributed by atoms with E-state index in [2.05, 4.69) is 14.8 Å². The van der Waals surface area contributed by atoms with Crippen LogP contribution in [0.3, 0.4) is 0 Å². The van der Waals surface area contributed by atoms with Gasteiger partial charge in [0.05, 0.1) is 7.11 Å². The molecule has 3 rings (SSSR count). The van der Waals surface area contributed by atoms with Crippen LogP contribution < -0.4 is 0 Å². The SMILES string of the molecule is COC(=O)c1cc(-c2ccccc2)cn2nc(C(F)(F)F)nc12. The second-order valence-corrected chi connectivity index (χ2v) is 4.70. The van der Waals surface area contributed by atoms with E-state index in [1.165, 1.54) is 12.3 Å². The minimum absolute atomic E-state index is 0.0862. The third-order valence-corrected chi connectivity index (χ3v) is 3.20. The van der Waals surface area contributed by atoms with Gasteiger partial charge >= 0.3 is 12.1 Å². The number of rotatable bonds is 2. The average molecular weight is 321 g/mol. The molecule has 0 atom stereocenters. The molecule has 0 aliphatic carbocycles. The van der Waals surface area contributed by atoms with Crippen LogP contribution >= 0.6 is 0 Å². The fourth-order valence-corrected chi connectivity index (χ4v) is 2.15. The summed E-state index contributed by atoms with van der Waals surface area (Å²) in [7, 11) is 1.15. The van der Waals surface area contributed by atoms with Crippen LogP contribution in [0.5, 0.6) is 0 Å². The first-order chi connectivity index (χ1) is 10.9. The van der Waals surface area contributed by atoms with E-state index in [0.717, 1.165) is 17.2 Å². The molecule has 5 nitrogen and oxygen atoms in total. The molecule has 0 saturated carbocycles. The number of alkyl halides is 3. The van der Waals surface area contributed by atoms with Gasteiger partial charge in [0, 0.05) is 11.8 Å². The molecule has 1 aromatic carbocycles. The number of fused-ring (bicyclic) bond motifs is 1. The minimum Gasteiger partial charge on any atom is -0.465 e. The van der Waals surface area contributed by atoms with Crippen molar-refractivity contribution >= 4 is 11.6 Å². The van der Waals surface area contributed by atoms with Crippen molar-refractivity contribution in [2.24, 2.45) is 0 Å². The topological polar surface area (TPSA) is 56.5 Å². The molecular weight excluding hydrogens is 311 g/mol. The fraction of sp³-hybridized carbons (Fsp3) is 0.133. The van der Waals surface area contributed by atoms with Gasteiger partial charge in [-0.2, -0.15) is 13.2 Å². The number of aromatic nitrogens is 3. The molecule has 0 N–H and O–H groups in total. The highest BCUT2D eigenvalue weighted by Crippen LogP contribution is 2.29. The second kappa shape index (κ2) is 5.38. The molecule has 0 aliphatic heterocycles. The monoisotopic (exact) mass is 321 g/mol. The molecule has 23 heavy (non-hydrogen) atoms. The maximum atomic E-state index is 12.8. The Morgan fingerprint density at radius 2 is 1.87 bits per heavy atom. The maximum absolute atomic E-state index is 12.8. The number of carbonyl (C=O) groups excluding carboxylic acids is 1. The maximum Gasteiger partial charge on any atom is 0.453 e. The van der Waals surface area contributed by atoms with Crippen LogP contribution in [0, 0.1) is 0 Å². The lowest BCUT2D eigenvalue weighted by Gasteiger charge is -2.06. The van der Waals surface area contributed by atoms with Gasteiger partial charge < -0.3 is 4.74 Å². The molecule has 0 aliphatic rings. The quantitative estimate of drug-likeness (QED) is 0.680. The molecule has 0 fully saturated rings. The first-order valence-corrected chi connectivity index (χ1v) is 6.51. The Morgan fingerprint density at radius 1 is 1.17 bits per heavy atom. The third kappa shape index (κ3) is 2.75. The van der Waals surface area contributed by atoms with Crippen molar-refractivity contribution in [3.63, 3.8) is 0 Å². The van der Waals surface area contributed by atoms with Crippen LogP contribution in [0.2, 0.25) is 0 Å². The Hall–Kier alpha value is -2.90. The first-order valence-electron chi connectivity index (χ1n) is 6.51. The van der Waals surface area contributed by atoms with Crippen molar-refractivity contribution in [2.75, 3.05) is 7.11 Å². The molecule has 8 heteroatoms. The number of carbonyl (C=O) groups is 1. The Bertz CT molecular complexity index is 873. The van der Waals surface area contributed by atoms with E-state index in [-0.39, 0.29) is 11.2 Å². The zero-order valence-electron chi connectivity index (χ0n) is 11.8. The zero-order chi connectivity index (χ0) is 16.6. The Morgan fingerprint density at radius 3 is 2.48 bits per heavy atom. The molecule has 2 aromatic heterocycles. The molecular formula is C15H10F3N3O2. The Labute approximate surface area is 128 Å². The van der Waals surface area contributed by atoms with Gasteiger partial charge in [-0.15, -0.1) is 5.10 Å². The van der Waals surface area contributed by atoms with Gasteiger partial charge in [-0.25, -0.2) is 14.3 Å². The molecule has 0 unspecified atom stereocenters. The second-order valence-electron chi connectivity index (χ2n) is 4.70. The Balaban J connectivity index is 2.27. The fourth-order valence-electron chi connectivity index (χ4n) is 2.15. The van der Waals surface area contributed by atoms with Gasteiger partial charge in [-0.1, -0.05) is 30.3 Å². The summed E-state index contributed by atoms with van der Waals surface area (Å²) in [4.78, 5) is 15.3. The highest BCUT2D eigenvalue weighted by molar-refractivity contribution is 5.97. The van der Waals surface area contributed by atoms with E-state index in [1.807, 2.05) is 0 Å². The van der Waals surface area contributed by atoms with Crippen molar-refractivity contribution < 1.29 is 22.7 Å². The summed E-state index contributed by atoms with van der Waals surface area (Å²) in [5.74, 6) is -2.10. The third-order valence-electron chi connectivity index (χ3n) is 3.20. The number of esters is 1. The molecule has 0 spiro atoms. The van der Waals surface area contributed by atoms with Crippen molar-refractivity contribution in [3.05, 3.63) is 54.0 Å². The number of nitrogens with zero attached hydrogens (tertiary/aromatic N) is 3. The summed E-state index contributed by atoms with van der Waals surface area (Å²) in [6.07, 6.45) is -3.31. The van der Waals surface area contributed by atoms with Gasteiger partial charge in [0.25, 0.3) is 5.82 Å². The van der Waals surface area contributed by atoms with Crippen LogP contribution in [0.4, 0.5) is 13.2 Å². The van der Waals surface area contributed by atoms with Crippen molar-refractivity contribution in [1.29, 1.82) is 0 Å². The average Bonchev–Trinajstić information content (AvgIpc) is 2.98. The standard InChI is InChI=1S/C15H10F3N3O2/c1-23-13(22)11-7-10(9-5-3-2-4-6-9)8-21-12(11)19-14(20-21)15(16,17)18/h2-8H,1H3. The van der Waals surface area contributed by atoms with E-state index >= 15 is 0 Å². The van der Waals surface area contributed by atoms with Crippen LogP contribution in [-0.2, 0) is 10.9 Å².